The van der Waals surface area contributed by atoms with Crippen LogP contribution in [0.25, 0.3) is 99.6 Å². The minimum absolute atomic E-state index is 0.136. The molecule has 0 radical (unpaired) electrons. The van der Waals surface area contributed by atoms with Crippen molar-refractivity contribution < 1.29 is 0 Å². The molecule has 1 aliphatic rings. The normalized spacial score (nSPS) is 12.9. The molecule has 0 spiro atoms. The maximum atomic E-state index is 5.40. The number of benzene rings is 9. The molecule has 268 valence electrons. The number of rotatable bonds is 5. The molecule has 57 heavy (non-hydrogen) atoms. The molecule has 0 amide bonds. The second kappa shape index (κ2) is 13.0. The maximum absolute atomic E-state index is 5.40. The molecule has 1 aromatic heterocycles. The van der Waals surface area contributed by atoms with E-state index in [4.69, 9.17) is 9.97 Å². The maximum Gasteiger partial charge on any atom is 0.161 e. The van der Waals surface area contributed by atoms with E-state index in [1.165, 1.54) is 60.3 Å². The third kappa shape index (κ3) is 5.40. The quantitative estimate of drug-likeness (QED) is 0.176. The van der Waals surface area contributed by atoms with Crippen molar-refractivity contribution in [1.29, 1.82) is 0 Å². The number of fused-ring (bicyclic) bond motifs is 7. The standard InChI is InChI=1S/C55H38N2/c1-55(2)50-33-40(27-28-46(50)48-29-26-36-15-8-9-20-43(36)53(48)55)42-30-31-49(45-22-12-11-21-44(42)45)54-56-51(37-16-4-3-5-17-37)34-52(57-54)47-23-13-10-19-41(47)39-25-24-35-14-6-7-18-38(35)32-39/h3-34H,1-2H3. The van der Waals surface area contributed by atoms with E-state index in [1.807, 2.05) is 0 Å². The molecule has 9 aromatic carbocycles. The Hall–Kier alpha value is -7.16. The average molecular weight is 727 g/mol. The first-order valence-corrected chi connectivity index (χ1v) is 19.7. The number of aromatic nitrogens is 2. The molecule has 0 atom stereocenters. The highest BCUT2D eigenvalue weighted by molar-refractivity contribution is 6.05. The van der Waals surface area contributed by atoms with Crippen molar-refractivity contribution in [2.45, 2.75) is 19.3 Å². The smallest absolute Gasteiger partial charge is 0.161 e. The van der Waals surface area contributed by atoms with E-state index < -0.39 is 0 Å². The molecule has 0 aliphatic heterocycles. The summed E-state index contributed by atoms with van der Waals surface area (Å²) in [5, 5.41) is 7.38. The average Bonchev–Trinajstić information content (AvgIpc) is 3.51. The molecule has 1 aliphatic carbocycles. The van der Waals surface area contributed by atoms with Gasteiger partial charge in [0, 0.05) is 22.1 Å². The Morgan fingerprint density at radius 3 is 1.72 bits per heavy atom. The summed E-state index contributed by atoms with van der Waals surface area (Å²) in [5.41, 5.74) is 15.0. The van der Waals surface area contributed by atoms with E-state index in [1.54, 1.807) is 0 Å². The lowest BCUT2D eigenvalue weighted by molar-refractivity contribution is 0.666. The first kappa shape index (κ1) is 33.2. The SMILES string of the molecule is CC1(C)c2cc(-c3ccc(-c4nc(-c5ccccc5)cc(-c5ccccc5-c5ccc6ccccc6c5)n4)c4ccccc34)ccc2-c2ccc3ccccc3c21. The van der Waals surface area contributed by atoms with Gasteiger partial charge in [-0.25, -0.2) is 9.97 Å². The van der Waals surface area contributed by atoms with Crippen LogP contribution in [0.2, 0.25) is 0 Å². The third-order valence-electron chi connectivity index (χ3n) is 12.1. The molecule has 0 saturated heterocycles. The highest BCUT2D eigenvalue weighted by Crippen LogP contribution is 2.52. The van der Waals surface area contributed by atoms with E-state index >= 15 is 0 Å². The molecule has 0 unspecified atom stereocenters. The molecular weight excluding hydrogens is 689 g/mol. The second-order valence-corrected chi connectivity index (χ2v) is 15.7. The van der Waals surface area contributed by atoms with Crippen molar-refractivity contribution in [2.75, 3.05) is 0 Å². The minimum atomic E-state index is -0.136. The van der Waals surface area contributed by atoms with Crippen LogP contribution in [0.3, 0.4) is 0 Å². The molecule has 0 N–H and O–H groups in total. The Balaban J connectivity index is 1.07. The Kier molecular flexibility index (Phi) is 7.55. The van der Waals surface area contributed by atoms with Gasteiger partial charge in [-0.2, -0.15) is 0 Å². The fraction of sp³-hybridized carbons (Fsp3) is 0.0545. The van der Waals surface area contributed by atoms with Crippen molar-refractivity contribution in [3.05, 3.63) is 205 Å². The number of hydrogen-bond donors (Lipinski definition) is 0. The van der Waals surface area contributed by atoms with Gasteiger partial charge in [-0.1, -0.05) is 184 Å². The second-order valence-electron chi connectivity index (χ2n) is 15.7. The van der Waals surface area contributed by atoms with Crippen LogP contribution in [0.1, 0.15) is 25.0 Å². The van der Waals surface area contributed by atoms with Gasteiger partial charge in [0.15, 0.2) is 5.82 Å². The molecule has 0 fully saturated rings. The molecule has 1 heterocycles. The molecule has 11 rings (SSSR count). The van der Waals surface area contributed by atoms with E-state index in [0.717, 1.165) is 44.6 Å². The van der Waals surface area contributed by atoms with E-state index in [9.17, 15) is 0 Å². The summed E-state index contributed by atoms with van der Waals surface area (Å²) in [7, 11) is 0. The number of hydrogen-bond acceptors (Lipinski definition) is 2. The summed E-state index contributed by atoms with van der Waals surface area (Å²) >= 11 is 0. The molecule has 2 nitrogen and oxygen atoms in total. The van der Waals surface area contributed by atoms with Gasteiger partial charge in [-0.05, 0) is 101 Å². The Morgan fingerprint density at radius 2 is 0.895 bits per heavy atom. The molecule has 2 heteroatoms. The molecule has 10 aromatic rings. The van der Waals surface area contributed by atoms with Gasteiger partial charge in [0.05, 0.1) is 11.4 Å². The summed E-state index contributed by atoms with van der Waals surface area (Å²) in [6.45, 7) is 4.75. The number of nitrogens with zero attached hydrogens (tertiary/aromatic N) is 2. The van der Waals surface area contributed by atoms with Gasteiger partial charge < -0.3 is 0 Å². The predicted molar refractivity (Wildman–Crippen MR) is 239 cm³/mol. The van der Waals surface area contributed by atoms with Crippen LogP contribution in [0, 0.1) is 0 Å². The Morgan fingerprint density at radius 1 is 0.333 bits per heavy atom. The minimum Gasteiger partial charge on any atom is -0.228 e. The largest absolute Gasteiger partial charge is 0.228 e. The molecular formula is C55H38N2. The Bertz CT molecular complexity index is 3210. The topological polar surface area (TPSA) is 25.8 Å². The van der Waals surface area contributed by atoms with E-state index in [0.29, 0.717) is 5.82 Å². The van der Waals surface area contributed by atoms with Crippen LogP contribution in [-0.4, -0.2) is 9.97 Å². The lowest BCUT2D eigenvalue weighted by Gasteiger charge is -2.24. The van der Waals surface area contributed by atoms with Gasteiger partial charge in [0.25, 0.3) is 0 Å². The monoisotopic (exact) mass is 726 g/mol. The van der Waals surface area contributed by atoms with Crippen LogP contribution in [0.4, 0.5) is 0 Å². The van der Waals surface area contributed by atoms with Gasteiger partial charge in [0.1, 0.15) is 0 Å². The van der Waals surface area contributed by atoms with E-state index in [-0.39, 0.29) is 5.41 Å². The summed E-state index contributed by atoms with van der Waals surface area (Å²) < 4.78 is 0. The van der Waals surface area contributed by atoms with Crippen LogP contribution in [0.5, 0.6) is 0 Å². The van der Waals surface area contributed by atoms with Crippen molar-refractivity contribution >= 4 is 32.3 Å². The zero-order chi connectivity index (χ0) is 38.1. The summed E-state index contributed by atoms with van der Waals surface area (Å²) in [5.74, 6) is 0.708. The first-order valence-electron chi connectivity index (χ1n) is 19.7. The van der Waals surface area contributed by atoms with Crippen molar-refractivity contribution in [3.8, 4) is 67.3 Å². The molecule has 0 saturated carbocycles. The van der Waals surface area contributed by atoms with Crippen molar-refractivity contribution in [2.24, 2.45) is 0 Å². The predicted octanol–water partition coefficient (Wildman–Crippen LogP) is 14.6. The van der Waals surface area contributed by atoms with Crippen molar-refractivity contribution in [1.82, 2.24) is 9.97 Å². The van der Waals surface area contributed by atoms with Crippen LogP contribution >= 0.6 is 0 Å². The fourth-order valence-corrected chi connectivity index (χ4v) is 9.29. The first-order chi connectivity index (χ1) is 28.0. The van der Waals surface area contributed by atoms with Gasteiger partial charge in [-0.15, -0.1) is 0 Å². The van der Waals surface area contributed by atoms with Crippen LogP contribution in [0.15, 0.2) is 194 Å². The lowest BCUT2D eigenvalue weighted by atomic mass is 9.79. The zero-order valence-corrected chi connectivity index (χ0v) is 31.9. The summed E-state index contributed by atoms with van der Waals surface area (Å²) in [6.07, 6.45) is 0. The van der Waals surface area contributed by atoms with Gasteiger partial charge in [0.2, 0.25) is 0 Å². The van der Waals surface area contributed by atoms with Crippen LogP contribution in [-0.2, 0) is 5.41 Å². The summed E-state index contributed by atoms with van der Waals surface area (Å²) in [4.78, 5) is 10.7. The zero-order valence-electron chi connectivity index (χ0n) is 31.9. The van der Waals surface area contributed by atoms with Crippen LogP contribution < -0.4 is 0 Å². The van der Waals surface area contributed by atoms with Crippen molar-refractivity contribution in [3.63, 3.8) is 0 Å². The summed E-state index contributed by atoms with van der Waals surface area (Å²) in [6, 6.07) is 70.1. The van der Waals surface area contributed by atoms with E-state index in [2.05, 4.69) is 208 Å². The highest BCUT2D eigenvalue weighted by atomic mass is 14.9. The fourth-order valence-electron chi connectivity index (χ4n) is 9.29. The highest BCUT2D eigenvalue weighted by Gasteiger charge is 2.37. The molecule has 0 bridgehead atoms. The van der Waals surface area contributed by atoms with Gasteiger partial charge in [-0.3, -0.25) is 0 Å². The Labute approximate surface area is 332 Å². The lowest BCUT2D eigenvalue weighted by Crippen LogP contribution is -2.15. The third-order valence-corrected chi connectivity index (χ3v) is 12.1. The van der Waals surface area contributed by atoms with Gasteiger partial charge >= 0.3 is 0 Å².